The van der Waals surface area contributed by atoms with Crippen molar-refractivity contribution in [1.82, 2.24) is 4.98 Å². The number of carbonyl (C=O) groups is 1. The highest BCUT2D eigenvalue weighted by molar-refractivity contribution is 5.94. The van der Waals surface area contributed by atoms with Gasteiger partial charge < -0.3 is 15.0 Å². The summed E-state index contributed by atoms with van der Waals surface area (Å²) in [5.74, 6) is -1.16. The number of carbonyl (C=O) groups excluding carboxylic acids is 1. The van der Waals surface area contributed by atoms with Crippen molar-refractivity contribution in [3.05, 3.63) is 70.5 Å². The van der Waals surface area contributed by atoms with Crippen LogP contribution in [0.5, 0.6) is 5.75 Å². The summed E-state index contributed by atoms with van der Waals surface area (Å²) in [4.78, 5) is 26.9. The molecule has 0 atom stereocenters. The first-order valence-corrected chi connectivity index (χ1v) is 7.57. The van der Waals surface area contributed by atoms with Gasteiger partial charge in [0.05, 0.1) is 12.1 Å². The lowest BCUT2D eigenvalue weighted by Crippen LogP contribution is -2.22. The van der Waals surface area contributed by atoms with Gasteiger partial charge in [-0.15, -0.1) is 13.2 Å². The van der Waals surface area contributed by atoms with E-state index in [2.05, 4.69) is 15.0 Å². The van der Waals surface area contributed by atoms with Crippen LogP contribution in [-0.2, 0) is 11.2 Å². The molecule has 0 aliphatic heterocycles. The number of fused-ring (bicyclic) bond motifs is 1. The lowest BCUT2D eigenvalue weighted by atomic mass is 10.1. The van der Waals surface area contributed by atoms with Crippen molar-refractivity contribution in [2.24, 2.45) is 0 Å². The molecule has 1 aromatic heterocycles. The van der Waals surface area contributed by atoms with E-state index in [1.807, 2.05) is 0 Å². The van der Waals surface area contributed by atoms with Gasteiger partial charge in [0.2, 0.25) is 5.91 Å². The summed E-state index contributed by atoms with van der Waals surface area (Å²) in [5, 5.41) is 3.09. The topological polar surface area (TPSA) is 71.2 Å². The number of ether oxygens (including phenoxy) is 1. The number of H-pyrrole nitrogens is 1. The molecule has 26 heavy (non-hydrogen) atoms. The van der Waals surface area contributed by atoms with Crippen molar-refractivity contribution in [3.63, 3.8) is 0 Å². The average Bonchev–Trinajstić information content (AvgIpc) is 2.56. The van der Waals surface area contributed by atoms with Crippen LogP contribution in [0.1, 0.15) is 5.56 Å². The van der Waals surface area contributed by atoms with Crippen LogP contribution in [0.2, 0.25) is 0 Å². The minimum absolute atomic E-state index is 0.132. The molecule has 0 unspecified atom stereocenters. The maximum Gasteiger partial charge on any atom is 0.573 e. The number of pyridine rings is 1. The van der Waals surface area contributed by atoms with Gasteiger partial charge in [0, 0.05) is 11.1 Å². The van der Waals surface area contributed by atoms with Crippen LogP contribution >= 0.6 is 0 Å². The molecule has 0 bridgehead atoms. The summed E-state index contributed by atoms with van der Waals surface area (Å²) in [5.41, 5.74) is 0.270. The Labute approximate surface area is 145 Å². The van der Waals surface area contributed by atoms with Crippen molar-refractivity contribution in [1.29, 1.82) is 0 Å². The monoisotopic (exact) mass is 362 g/mol. The molecule has 0 radical (unpaired) electrons. The number of para-hydroxylation sites is 3. The van der Waals surface area contributed by atoms with E-state index < -0.39 is 23.6 Å². The number of amides is 1. The number of benzene rings is 2. The van der Waals surface area contributed by atoms with E-state index in [0.717, 1.165) is 11.5 Å². The Balaban J connectivity index is 1.80. The van der Waals surface area contributed by atoms with Gasteiger partial charge in [-0.2, -0.15) is 0 Å². The first kappa shape index (κ1) is 17.5. The second kappa shape index (κ2) is 6.91. The number of anilines is 1. The average molecular weight is 362 g/mol. The maximum absolute atomic E-state index is 12.4. The number of halogens is 3. The SMILES string of the molecule is O=C(Cc1cc2ccccc2[nH]c1=O)Nc1ccccc1OC(F)(F)F. The fourth-order valence-electron chi connectivity index (χ4n) is 2.47. The molecular formula is C18H13F3N2O3. The van der Waals surface area contributed by atoms with Crippen molar-refractivity contribution in [2.45, 2.75) is 12.8 Å². The van der Waals surface area contributed by atoms with Gasteiger partial charge >= 0.3 is 6.36 Å². The van der Waals surface area contributed by atoms with E-state index in [9.17, 15) is 22.8 Å². The van der Waals surface area contributed by atoms with Gasteiger partial charge in [-0.1, -0.05) is 30.3 Å². The van der Waals surface area contributed by atoms with E-state index in [-0.39, 0.29) is 17.7 Å². The minimum atomic E-state index is -4.88. The predicted octanol–water partition coefficient (Wildman–Crippen LogP) is 3.61. The Morgan fingerprint density at radius 1 is 1.08 bits per heavy atom. The molecule has 0 aliphatic rings. The third-order valence-corrected chi connectivity index (χ3v) is 3.57. The van der Waals surface area contributed by atoms with Crippen LogP contribution in [0.4, 0.5) is 18.9 Å². The normalized spacial score (nSPS) is 11.3. The number of hydrogen-bond donors (Lipinski definition) is 2. The van der Waals surface area contributed by atoms with E-state index in [1.54, 1.807) is 30.3 Å². The highest BCUT2D eigenvalue weighted by Crippen LogP contribution is 2.29. The van der Waals surface area contributed by atoms with Crippen molar-refractivity contribution in [3.8, 4) is 5.75 Å². The standard InChI is InChI=1S/C18H13F3N2O3/c19-18(20,21)26-15-8-4-3-7-14(15)22-16(24)10-12-9-11-5-1-2-6-13(11)23-17(12)25/h1-9H,10H2,(H,22,24)(H,23,25). The molecule has 3 rings (SSSR count). The number of hydrogen-bond acceptors (Lipinski definition) is 3. The Hall–Kier alpha value is -3.29. The Morgan fingerprint density at radius 2 is 1.77 bits per heavy atom. The predicted molar refractivity (Wildman–Crippen MR) is 90.0 cm³/mol. The molecule has 3 aromatic rings. The number of aromatic nitrogens is 1. The summed E-state index contributed by atoms with van der Waals surface area (Å²) >= 11 is 0. The van der Waals surface area contributed by atoms with Gasteiger partial charge in [-0.3, -0.25) is 9.59 Å². The summed E-state index contributed by atoms with van der Waals surface area (Å²) in [6, 6.07) is 13.8. The lowest BCUT2D eigenvalue weighted by molar-refractivity contribution is -0.274. The third kappa shape index (κ3) is 4.21. The second-order valence-corrected chi connectivity index (χ2v) is 5.48. The van der Waals surface area contributed by atoms with Gasteiger partial charge in [-0.25, -0.2) is 0 Å². The minimum Gasteiger partial charge on any atom is -0.404 e. The van der Waals surface area contributed by atoms with Crippen molar-refractivity contribution < 1.29 is 22.7 Å². The summed E-state index contributed by atoms with van der Waals surface area (Å²) < 4.78 is 41.2. The summed E-state index contributed by atoms with van der Waals surface area (Å²) in [6.07, 6.45) is -5.17. The molecule has 5 nitrogen and oxygen atoms in total. The van der Waals surface area contributed by atoms with Crippen molar-refractivity contribution >= 4 is 22.5 Å². The molecule has 2 N–H and O–H groups in total. The van der Waals surface area contributed by atoms with Gasteiger partial charge in [0.1, 0.15) is 0 Å². The molecule has 0 fully saturated rings. The van der Waals surface area contributed by atoms with Gasteiger partial charge in [0.15, 0.2) is 5.75 Å². The molecule has 0 saturated carbocycles. The zero-order valence-corrected chi connectivity index (χ0v) is 13.3. The van der Waals surface area contributed by atoms with Gasteiger partial charge in [-0.05, 0) is 29.7 Å². The van der Waals surface area contributed by atoms with Crippen LogP contribution in [-0.4, -0.2) is 17.3 Å². The van der Waals surface area contributed by atoms with Crippen LogP contribution in [0.3, 0.4) is 0 Å². The fourth-order valence-corrected chi connectivity index (χ4v) is 2.47. The maximum atomic E-state index is 12.4. The van der Waals surface area contributed by atoms with Crippen LogP contribution in [0, 0.1) is 0 Å². The Bertz CT molecular complexity index is 1010. The molecule has 1 amide bonds. The highest BCUT2D eigenvalue weighted by Gasteiger charge is 2.32. The number of rotatable bonds is 4. The largest absolute Gasteiger partial charge is 0.573 e. The third-order valence-electron chi connectivity index (χ3n) is 3.57. The molecule has 0 spiro atoms. The number of nitrogens with one attached hydrogen (secondary N) is 2. The smallest absolute Gasteiger partial charge is 0.404 e. The lowest BCUT2D eigenvalue weighted by Gasteiger charge is -2.13. The van der Waals surface area contributed by atoms with E-state index in [4.69, 9.17) is 0 Å². The zero-order chi connectivity index (χ0) is 18.7. The second-order valence-electron chi connectivity index (χ2n) is 5.48. The van der Waals surface area contributed by atoms with Crippen LogP contribution in [0.25, 0.3) is 10.9 Å². The van der Waals surface area contributed by atoms with Gasteiger partial charge in [0.25, 0.3) is 5.56 Å². The molecule has 2 aromatic carbocycles. The quantitative estimate of drug-likeness (QED) is 0.745. The summed E-state index contributed by atoms with van der Waals surface area (Å²) in [7, 11) is 0. The summed E-state index contributed by atoms with van der Waals surface area (Å²) in [6.45, 7) is 0. The van der Waals surface area contributed by atoms with Crippen LogP contribution in [0.15, 0.2) is 59.4 Å². The van der Waals surface area contributed by atoms with E-state index >= 15 is 0 Å². The molecule has 0 aliphatic carbocycles. The zero-order valence-electron chi connectivity index (χ0n) is 13.3. The van der Waals surface area contributed by atoms with E-state index in [0.29, 0.717) is 5.52 Å². The number of alkyl halides is 3. The highest BCUT2D eigenvalue weighted by atomic mass is 19.4. The number of aromatic amines is 1. The Morgan fingerprint density at radius 3 is 2.54 bits per heavy atom. The van der Waals surface area contributed by atoms with E-state index in [1.165, 1.54) is 18.2 Å². The molecular weight excluding hydrogens is 349 g/mol. The molecule has 8 heteroatoms. The first-order chi connectivity index (χ1) is 12.3. The molecule has 1 heterocycles. The van der Waals surface area contributed by atoms with Crippen molar-refractivity contribution in [2.75, 3.05) is 5.32 Å². The molecule has 134 valence electrons. The van der Waals surface area contributed by atoms with Crippen LogP contribution < -0.4 is 15.6 Å². The Kier molecular flexibility index (Phi) is 4.66. The molecule has 0 saturated heterocycles. The fraction of sp³-hybridized carbons (Fsp3) is 0.111. The first-order valence-electron chi connectivity index (χ1n) is 7.57.